The maximum atomic E-state index is 12.9. The van der Waals surface area contributed by atoms with E-state index in [2.05, 4.69) is 0 Å². The molecule has 11 heteroatoms. The molecule has 0 aliphatic carbocycles. The van der Waals surface area contributed by atoms with Gasteiger partial charge in [0.2, 0.25) is 10.0 Å². The fraction of sp³-hybridized carbons (Fsp3) is 0.250. The van der Waals surface area contributed by atoms with E-state index < -0.39 is 38.4 Å². The van der Waals surface area contributed by atoms with Crippen molar-refractivity contribution in [1.82, 2.24) is 4.72 Å². The molecule has 0 heterocycles. The number of nitrogens with one attached hydrogen (secondary N) is 1. The lowest BCUT2D eigenvalue weighted by molar-refractivity contribution is -0.143. The molecule has 0 saturated carbocycles. The molecule has 0 aliphatic rings. The van der Waals surface area contributed by atoms with Gasteiger partial charge in [-0.25, -0.2) is 13.1 Å². The van der Waals surface area contributed by atoms with Gasteiger partial charge in [0.25, 0.3) is 0 Å². The zero-order valence-electron chi connectivity index (χ0n) is 13.6. The zero-order valence-corrected chi connectivity index (χ0v) is 14.5. The third kappa shape index (κ3) is 5.36. The second-order valence-corrected chi connectivity index (χ2v) is 7.18. The maximum Gasteiger partial charge on any atom is 0.416 e. The van der Waals surface area contributed by atoms with Crippen molar-refractivity contribution in [2.75, 3.05) is 7.11 Å². The maximum absolute atomic E-state index is 12.9. The summed E-state index contributed by atoms with van der Waals surface area (Å²) < 4.78 is 109. The molecule has 0 spiro atoms. The lowest BCUT2D eigenvalue weighted by atomic mass is 10.1. The smallest absolute Gasteiger partial charge is 0.416 e. The summed E-state index contributed by atoms with van der Waals surface area (Å²) in [7, 11) is -3.25. The van der Waals surface area contributed by atoms with Crippen molar-refractivity contribution in [3.8, 4) is 5.75 Å². The Labute approximate surface area is 150 Å². The minimum absolute atomic E-state index is 0.138. The van der Waals surface area contributed by atoms with Crippen LogP contribution in [0.5, 0.6) is 5.75 Å². The molecule has 0 aliphatic heterocycles. The minimum atomic E-state index is -5.14. The topological polar surface area (TPSA) is 55.4 Å². The molecular formula is C16H13F6NO3S. The second-order valence-electron chi connectivity index (χ2n) is 5.42. The molecule has 0 bridgehead atoms. The fourth-order valence-electron chi connectivity index (χ4n) is 2.13. The van der Waals surface area contributed by atoms with Gasteiger partial charge < -0.3 is 4.74 Å². The molecule has 1 N–H and O–H groups in total. The molecule has 0 amide bonds. The highest BCUT2D eigenvalue weighted by molar-refractivity contribution is 7.89. The standard InChI is InChI=1S/C16H13F6NO3S/c1-26-13-4-2-3-10(5-13)9-23-27(24,25)14-7-11(15(17,18)19)6-12(8-14)16(20,21)22/h2-8,23H,9H2,1H3. The van der Waals surface area contributed by atoms with Crippen LogP contribution in [0.3, 0.4) is 0 Å². The number of hydrogen-bond acceptors (Lipinski definition) is 3. The highest BCUT2D eigenvalue weighted by atomic mass is 32.2. The molecule has 2 aromatic carbocycles. The average molecular weight is 413 g/mol. The number of rotatable bonds is 5. The van der Waals surface area contributed by atoms with Gasteiger partial charge in [-0.1, -0.05) is 12.1 Å². The average Bonchev–Trinajstić information content (AvgIpc) is 2.58. The van der Waals surface area contributed by atoms with Gasteiger partial charge in [0.1, 0.15) is 5.75 Å². The van der Waals surface area contributed by atoms with Crippen LogP contribution >= 0.6 is 0 Å². The van der Waals surface area contributed by atoms with Gasteiger partial charge >= 0.3 is 12.4 Å². The van der Waals surface area contributed by atoms with Crippen LogP contribution in [-0.2, 0) is 28.9 Å². The van der Waals surface area contributed by atoms with Crippen LogP contribution < -0.4 is 9.46 Å². The van der Waals surface area contributed by atoms with Crippen LogP contribution in [0.4, 0.5) is 26.3 Å². The molecule has 0 unspecified atom stereocenters. The number of sulfonamides is 1. The summed E-state index contributed by atoms with van der Waals surface area (Å²) in [6.07, 6.45) is -10.3. The Bertz CT molecular complexity index is 890. The highest BCUT2D eigenvalue weighted by Gasteiger charge is 2.38. The van der Waals surface area contributed by atoms with Crippen molar-refractivity contribution in [2.24, 2.45) is 0 Å². The molecule has 27 heavy (non-hydrogen) atoms. The summed E-state index contributed by atoms with van der Waals surface area (Å²) in [5, 5.41) is 0. The normalized spacial score (nSPS) is 12.9. The summed E-state index contributed by atoms with van der Waals surface area (Å²) in [4.78, 5) is -1.13. The first-order chi connectivity index (χ1) is 12.3. The first-order valence-electron chi connectivity index (χ1n) is 7.25. The van der Waals surface area contributed by atoms with Crippen molar-refractivity contribution in [3.63, 3.8) is 0 Å². The van der Waals surface area contributed by atoms with E-state index in [9.17, 15) is 34.8 Å². The van der Waals surface area contributed by atoms with E-state index in [1.165, 1.54) is 19.2 Å². The number of ether oxygens (including phenoxy) is 1. The molecule has 0 aromatic heterocycles. The predicted octanol–water partition coefficient (Wildman–Crippen LogP) is 4.21. The molecule has 148 valence electrons. The van der Waals surface area contributed by atoms with Crippen molar-refractivity contribution >= 4 is 10.0 Å². The first-order valence-corrected chi connectivity index (χ1v) is 8.73. The number of halogens is 6. The Morgan fingerprint density at radius 2 is 1.48 bits per heavy atom. The molecular weight excluding hydrogens is 400 g/mol. The summed E-state index contributed by atoms with van der Waals surface area (Å²) in [5.74, 6) is 0.408. The van der Waals surface area contributed by atoms with Crippen LogP contribution in [0.25, 0.3) is 0 Å². The third-order valence-electron chi connectivity index (χ3n) is 3.47. The number of methoxy groups -OCH3 is 1. The van der Waals surface area contributed by atoms with Crippen LogP contribution in [-0.4, -0.2) is 15.5 Å². The van der Waals surface area contributed by atoms with Crippen LogP contribution in [0, 0.1) is 0 Å². The predicted molar refractivity (Wildman–Crippen MR) is 83.5 cm³/mol. The monoisotopic (exact) mass is 413 g/mol. The molecule has 4 nitrogen and oxygen atoms in total. The van der Waals surface area contributed by atoms with Crippen molar-refractivity contribution in [3.05, 3.63) is 59.2 Å². The first kappa shape index (κ1) is 21.0. The number of alkyl halides is 6. The Kier molecular flexibility index (Phi) is 5.76. The van der Waals surface area contributed by atoms with E-state index in [-0.39, 0.29) is 24.7 Å². The number of hydrogen-bond donors (Lipinski definition) is 1. The van der Waals surface area contributed by atoms with Gasteiger partial charge in [0.05, 0.1) is 23.1 Å². The Balaban J connectivity index is 2.39. The van der Waals surface area contributed by atoms with Gasteiger partial charge in [0, 0.05) is 6.54 Å². The number of benzene rings is 2. The Hall–Kier alpha value is -2.27. The van der Waals surface area contributed by atoms with Gasteiger partial charge in [-0.3, -0.25) is 0 Å². The summed E-state index contributed by atoms with van der Waals surface area (Å²) >= 11 is 0. The van der Waals surface area contributed by atoms with E-state index >= 15 is 0 Å². The largest absolute Gasteiger partial charge is 0.497 e. The molecule has 0 atom stereocenters. The van der Waals surface area contributed by atoms with Crippen molar-refractivity contribution in [1.29, 1.82) is 0 Å². The van der Waals surface area contributed by atoms with Gasteiger partial charge in [0.15, 0.2) is 0 Å². The van der Waals surface area contributed by atoms with E-state index in [0.717, 1.165) is 0 Å². The SMILES string of the molecule is COc1cccc(CNS(=O)(=O)c2cc(C(F)(F)F)cc(C(F)(F)F)c2)c1. The van der Waals surface area contributed by atoms with E-state index in [0.29, 0.717) is 11.3 Å². The Morgan fingerprint density at radius 3 is 1.96 bits per heavy atom. The lowest BCUT2D eigenvalue weighted by Crippen LogP contribution is -2.24. The van der Waals surface area contributed by atoms with Crippen LogP contribution in [0.15, 0.2) is 47.4 Å². The summed E-state index contributed by atoms with van der Waals surface area (Å²) in [6, 6.07) is 6.29. The lowest BCUT2D eigenvalue weighted by Gasteiger charge is -2.15. The van der Waals surface area contributed by atoms with E-state index in [1.54, 1.807) is 12.1 Å². The van der Waals surface area contributed by atoms with Crippen molar-refractivity contribution < 1.29 is 39.5 Å². The van der Waals surface area contributed by atoms with Gasteiger partial charge in [-0.2, -0.15) is 26.3 Å². The van der Waals surface area contributed by atoms with Crippen LogP contribution in [0.1, 0.15) is 16.7 Å². The third-order valence-corrected chi connectivity index (χ3v) is 4.85. The molecule has 2 aromatic rings. The van der Waals surface area contributed by atoms with E-state index in [4.69, 9.17) is 4.74 Å². The Morgan fingerprint density at radius 1 is 0.926 bits per heavy atom. The van der Waals surface area contributed by atoms with Crippen LogP contribution in [0.2, 0.25) is 0 Å². The van der Waals surface area contributed by atoms with Gasteiger partial charge in [-0.05, 0) is 35.9 Å². The zero-order chi connectivity index (χ0) is 20.5. The summed E-state index contributed by atoms with van der Waals surface area (Å²) in [6.45, 7) is -0.350. The van der Waals surface area contributed by atoms with Crippen molar-refractivity contribution in [2.45, 2.75) is 23.8 Å². The van der Waals surface area contributed by atoms with E-state index in [1.807, 2.05) is 4.72 Å². The highest BCUT2D eigenvalue weighted by Crippen LogP contribution is 2.37. The molecule has 0 fully saturated rings. The second kappa shape index (κ2) is 7.39. The molecule has 2 rings (SSSR count). The fourth-order valence-corrected chi connectivity index (χ4v) is 3.21. The summed E-state index contributed by atoms with van der Waals surface area (Å²) in [5.41, 5.74) is -3.01. The molecule has 0 radical (unpaired) electrons. The quantitative estimate of drug-likeness (QED) is 0.748. The van der Waals surface area contributed by atoms with Gasteiger partial charge in [-0.15, -0.1) is 0 Å². The molecule has 0 saturated heterocycles. The minimum Gasteiger partial charge on any atom is -0.497 e.